The van der Waals surface area contributed by atoms with E-state index in [1.54, 1.807) is 54.6 Å². The predicted molar refractivity (Wildman–Crippen MR) is 118 cm³/mol. The molecule has 3 aromatic rings. The number of Topliss-reactive ketones (excluding diaryl/α,β-unsaturated/α-hetero) is 1. The molecule has 8 heteroatoms. The number of hydrogen-bond acceptors (Lipinski definition) is 6. The molecule has 0 aliphatic rings. The molecule has 160 valence electrons. The third-order valence-corrected chi connectivity index (χ3v) is 4.81. The van der Waals surface area contributed by atoms with Gasteiger partial charge in [0.1, 0.15) is 5.75 Å². The molecule has 0 unspecified atom stereocenters. The van der Waals surface area contributed by atoms with Crippen molar-refractivity contribution in [3.63, 3.8) is 0 Å². The number of carbonyl (C=O) groups is 3. The Kier molecular flexibility index (Phi) is 7.25. The van der Waals surface area contributed by atoms with Crippen molar-refractivity contribution >= 4 is 39.3 Å². The van der Waals surface area contributed by atoms with Gasteiger partial charge in [0.2, 0.25) is 5.78 Å². The van der Waals surface area contributed by atoms with E-state index in [2.05, 4.69) is 21.2 Å². The van der Waals surface area contributed by atoms with Gasteiger partial charge in [-0.2, -0.15) is 0 Å². The molecule has 31 heavy (non-hydrogen) atoms. The molecule has 0 aliphatic carbocycles. The molecule has 2 aromatic carbocycles. The number of furan rings is 1. The monoisotopic (exact) mass is 485 g/mol. The van der Waals surface area contributed by atoms with Gasteiger partial charge in [0.15, 0.2) is 17.0 Å². The quantitative estimate of drug-likeness (QED) is 0.370. The number of rotatable bonds is 8. The van der Waals surface area contributed by atoms with E-state index in [1.807, 2.05) is 6.92 Å². The number of ketones is 1. The summed E-state index contributed by atoms with van der Waals surface area (Å²) < 4.78 is 16.0. The Balaban J connectivity index is 1.51. The zero-order chi connectivity index (χ0) is 22.4. The number of nitrogens with one attached hydrogen (secondary N) is 1. The van der Waals surface area contributed by atoms with Crippen LogP contribution in [0.4, 0.5) is 5.69 Å². The molecule has 0 saturated heterocycles. The molecule has 1 aromatic heterocycles. The van der Waals surface area contributed by atoms with Gasteiger partial charge in [0.05, 0.1) is 19.1 Å². The Labute approximate surface area is 187 Å². The minimum atomic E-state index is -0.531. The van der Waals surface area contributed by atoms with Crippen LogP contribution in [0.2, 0.25) is 0 Å². The van der Waals surface area contributed by atoms with Crippen molar-refractivity contribution < 1.29 is 28.3 Å². The van der Waals surface area contributed by atoms with Gasteiger partial charge in [-0.1, -0.05) is 18.2 Å². The van der Waals surface area contributed by atoms with Gasteiger partial charge >= 0.3 is 5.97 Å². The van der Waals surface area contributed by atoms with Gasteiger partial charge in [0, 0.05) is 5.69 Å². The molecule has 0 fully saturated rings. The molecule has 0 atom stereocenters. The third kappa shape index (κ3) is 6.05. The Hall–Kier alpha value is -3.39. The first-order valence-electron chi connectivity index (χ1n) is 9.35. The maximum atomic E-state index is 12.4. The van der Waals surface area contributed by atoms with E-state index in [-0.39, 0.29) is 30.5 Å². The molecular formula is C23H20BrNO6. The summed E-state index contributed by atoms with van der Waals surface area (Å²) in [7, 11) is 1.48. The van der Waals surface area contributed by atoms with Crippen LogP contribution >= 0.6 is 15.9 Å². The van der Waals surface area contributed by atoms with Crippen molar-refractivity contribution in [1.82, 2.24) is 0 Å². The smallest absolute Gasteiger partial charge is 0.310 e. The van der Waals surface area contributed by atoms with E-state index in [4.69, 9.17) is 13.9 Å². The lowest BCUT2D eigenvalue weighted by atomic mass is 10.1. The van der Waals surface area contributed by atoms with Gasteiger partial charge in [-0.25, -0.2) is 0 Å². The molecule has 0 radical (unpaired) electrons. The second-order valence-corrected chi connectivity index (χ2v) is 7.50. The highest BCUT2D eigenvalue weighted by molar-refractivity contribution is 9.10. The molecule has 0 bridgehead atoms. The zero-order valence-electron chi connectivity index (χ0n) is 16.9. The highest BCUT2D eigenvalue weighted by Crippen LogP contribution is 2.21. The highest BCUT2D eigenvalue weighted by atomic mass is 79.9. The molecule has 0 saturated carbocycles. The number of hydrogen-bond donors (Lipinski definition) is 1. The van der Waals surface area contributed by atoms with E-state index < -0.39 is 5.97 Å². The maximum Gasteiger partial charge on any atom is 0.310 e. The minimum absolute atomic E-state index is 0.00231. The van der Waals surface area contributed by atoms with E-state index in [1.165, 1.54) is 7.11 Å². The SMILES string of the molecule is COc1cc(C)ccc1C(=O)COC(=O)Cc1ccc(NC(=O)c2ccc(Br)o2)cc1. The number of aryl methyl sites for hydroxylation is 1. The van der Waals surface area contributed by atoms with Crippen molar-refractivity contribution in [3.05, 3.63) is 81.7 Å². The average Bonchev–Trinajstić information content (AvgIpc) is 3.19. The van der Waals surface area contributed by atoms with E-state index in [0.29, 0.717) is 27.2 Å². The first-order chi connectivity index (χ1) is 14.9. The number of benzene rings is 2. The fraction of sp³-hybridized carbons (Fsp3) is 0.174. The highest BCUT2D eigenvalue weighted by Gasteiger charge is 2.15. The second kappa shape index (κ2) is 10.1. The molecule has 7 nitrogen and oxygen atoms in total. The summed E-state index contributed by atoms with van der Waals surface area (Å²) in [4.78, 5) is 36.5. The lowest BCUT2D eigenvalue weighted by molar-refractivity contribution is -0.141. The van der Waals surface area contributed by atoms with Crippen LogP contribution in [0.25, 0.3) is 0 Å². The fourth-order valence-electron chi connectivity index (χ4n) is 2.81. The van der Waals surface area contributed by atoms with Gasteiger partial charge in [-0.15, -0.1) is 0 Å². The first kappa shape index (κ1) is 22.3. The summed E-state index contributed by atoms with van der Waals surface area (Å²) in [6.45, 7) is 1.52. The van der Waals surface area contributed by atoms with E-state index in [9.17, 15) is 14.4 Å². The largest absolute Gasteiger partial charge is 0.496 e. The molecule has 1 N–H and O–H groups in total. The number of esters is 1. The summed E-state index contributed by atoms with van der Waals surface area (Å²) in [6.07, 6.45) is -0.00231. The van der Waals surface area contributed by atoms with Crippen LogP contribution < -0.4 is 10.1 Å². The number of amides is 1. The van der Waals surface area contributed by atoms with Crippen molar-refractivity contribution in [1.29, 1.82) is 0 Å². The minimum Gasteiger partial charge on any atom is -0.496 e. The Morgan fingerprint density at radius 2 is 1.77 bits per heavy atom. The zero-order valence-corrected chi connectivity index (χ0v) is 18.5. The van der Waals surface area contributed by atoms with Crippen LogP contribution in [-0.2, 0) is 16.0 Å². The molecule has 1 amide bonds. The Morgan fingerprint density at radius 3 is 2.42 bits per heavy atom. The summed E-state index contributed by atoms with van der Waals surface area (Å²) in [6, 6.07) is 15.1. The maximum absolute atomic E-state index is 12.4. The molecule has 1 heterocycles. The topological polar surface area (TPSA) is 94.8 Å². The first-order valence-corrected chi connectivity index (χ1v) is 10.1. The van der Waals surface area contributed by atoms with Crippen LogP contribution in [0.3, 0.4) is 0 Å². The average molecular weight is 486 g/mol. The number of anilines is 1. The van der Waals surface area contributed by atoms with Crippen LogP contribution in [0, 0.1) is 6.92 Å². The molecule has 0 aliphatic heterocycles. The van der Waals surface area contributed by atoms with Gasteiger partial charge in [0.25, 0.3) is 5.91 Å². The molecule has 0 spiro atoms. The third-order valence-electron chi connectivity index (χ3n) is 4.38. The fourth-order valence-corrected chi connectivity index (χ4v) is 3.11. The van der Waals surface area contributed by atoms with Crippen LogP contribution in [0.1, 0.15) is 32.0 Å². The molecule has 3 rings (SSSR count). The molecular weight excluding hydrogens is 466 g/mol. The van der Waals surface area contributed by atoms with E-state index in [0.717, 1.165) is 5.56 Å². The predicted octanol–water partition coefficient (Wildman–Crippen LogP) is 4.58. The number of ether oxygens (including phenoxy) is 2. The van der Waals surface area contributed by atoms with Crippen molar-refractivity contribution in [2.45, 2.75) is 13.3 Å². The second-order valence-electron chi connectivity index (χ2n) is 6.72. The van der Waals surface area contributed by atoms with Crippen molar-refractivity contribution in [3.8, 4) is 5.75 Å². The van der Waals surface area contributed by atoms with Gasteiger partial charge in [-0.05, 0) is 70.4 Å². The van der Waals surface area contributed by atoms with Crippen LogP contribution in [0.15, 0.2) is 63.7 Å². The van der Waals surface area contributed by atoms with Gasteiger partial charge < -0.3 is 19.2 Å². The summed E-state index contributed by atoms with van der Waals surface area (Å²) in [5, 5.41) is 2.70. The lowest BCUT2D eigenvalue weighted by Crippen LogP contribution is -2.16. The van der Waals surface area contributed by atoms with Gasteiger partial charge in [-0.3, -0.25) is 14.4 Å². The summed E-state index contributed by atoms with van der Waals surface area (Å²) in [5.41, 5.74) is 2.56. The normalized spacial score (nSPS) is 10.4. The van der Waals surface area contributed by atoms with Crippen LogP contribution in [0.5, 0.6) is 5.75 Å². The summed E-state index contributed by atoms with van der Waals surface area (Å²) >= 11 is 3.15. The van der Waals surface area contributed by atoms with Crippen molar-refractivity contribution in [2.24, 2.45) is 0 Å². The number of halogens is 1. The standard InChI is InChI=1S/C23H20BrNO6/c1-14-3-8-17(20(11-14)29-2)18(26)13-30-22(27)12-15-4-6-16(7-5-15)25-23(28)19-9-10-21(24)31-19/h3-11H,12-13H2,1-2H3,(H,25,28). The van der Waals surface area contributed by atoms with Crippen molar-refractivity contribution in [2.75, 3.05) is 19.0 Å². The lowest BCUT2D eigenvalue weighted by Gasteiger charge is -2.09. The number of carbonyl (C=O) groups excluding carboxylic acids is 3. The van der Waals surface area contributed by atoms with E-state index >= 15 is 0 Å². The Bertz CT molecular complexity index is 1100. The summed E-state index contributed by atoms with van der Waals surface area (Å²) in [5.74, 6) is -0.637. The van der Waals surface area contributed by atoms with Crippen LogP contribution in [-0.4, -0.2) is 31.4 Å². The number of methoxy groups -OCH3 is 1. The Morgan fingerprint density at radius 1 is 1.03 bits per heavy atom.